The van der Waals surface area contributed by atoms with E-state index in [0.29, 0.717) is 0 Å². The van der Waals surface area contributed by atoms with E-state index in [2.05, 4.69) is 0 Å². The maximum absolute atomic E-state index is 8.06. The molecular weight excluding hydrogens is 122 g/mol. The Hall–Kier alpha value is 0.596. The van der Waals surface area contributed by atoms with Gasteiger partial charge in [0.15, 0.2) is 0 Å². The molecule has 0 bridgehead atoms. The van der Waals surface area contributed by atoms with Crippen molar-refractivity contribution in [2.45, 2.75) is 20.0 Å². The summed E-state index contributed by atoms with van der Waals surface area (Å²) in [7, 11) is 0. The van der Waals surface area contributed by atoms with Gasteiger partial charge in [0.2, 0.25) is 0 Å². The van der Waals surface area contributed by atoms with Crippen LogP contribution in [-0.4, -0.2) is 31.0 Å². The second-order valence-corrected chi connectivity index (χ2v) is 1.09. The first-order valence-corrected chi connectivity index (χ1v) is 1.41. The van der Waals surface area contributed by atoms with Gasteiger partial charge in [-0.15, -0.1) is 0 Å². The molecule has 0 atom stereocenters. The zero-order valence-electron chi connectivity index (χ0n) is 3.02. The van der Waals surface area contributed by atoms with E-state index >= 15 is 0 Å². The Balaban J connectivity index is 0. The fraction of sp³-hybridized carbons (Fsp3) is 1.00. The Morgan fingerprint density at radius 2 is 1.40 bits per heavy atom. The minimum atomic E-state index is -0.167. The van der Waals surface area contributed by atoms with Crippen molar-refractivity contribution in [3.63, 3.8) is 0 Å². The average molecular weight is 133 g/mol. The second-order valence-electron chi connectivity index (χ2n) is 1.09. The normalized spacial score (nSPS) is 7.20. The first-order chi connectivity index (χ1) is 1.73. The zero-order chi connectivity index (χ0) is 3.58. The van der Waals surface area contributed by atoms with E-state index in [4.69, 9.17) is 5.11 Å². The van der Waals surface area contributed by atoms with Gasteiger partial charge in [-0.25, -0.2) is 0 Å². The van der Waals surface area contributed by atoms with Crippen LogP contribution in [-0.2, 0) is 0 Å². The van der Waals surface area contributed by atoms with Crippen LogP contribution < -0.4 is 0 Å². The molecule has 0 saturated carbocycles. The summed E-state index contributed by atoms with van der Waals surface area (Å²) in [6.45, 7) is 3.44. The van der Waals surface area contributed by atoms with Gasteiger partial charge < -0.3 is 5.11 Å². The molecule has 2 heteroatoms. The number of rotatable bonds is 0. The molecular formula is C3H11GaO. The molecule has 0 aliphatic heterocycles. The molecule has 0 heterocycles. The molecule has 0 aromatic rings. The van der Waals surface area contributed by atoms with Gasteiger partial charge in [0, 0.05) is 6.10 Å². The van der Waals surface area contributed by atoms with Crippen LogP contribution in [0.25, 0.3) is 0 Å². The Kier molecular flexibility index (Phi) is 8.40. The van der Waals surface area contributed by atoms with Crippen LogP contribution in [0.5, 0.6) is 0 Å². The van der Waals surface area contributed by atoms with Crippen LogP contribution in [0.2, 0.25) is 0 Å². The van der Waals surface area contributed by atoms with Crippen LogP contribution in [0.4, 0.5) is 0 Å². The summed E-state index contributed by atoms with van der Waals surface area (Å²) in [5.41, 5.74) is 0. The molecule has 0 aliphatic rings. The van der Waals surface area contributed by atoms with Crippen LogP contribution in [0.3, 0.4) is 0 Å². The van der Waals surface area contributed by atoms with Gasteiger partial charge in [0.25, 0.3) is 0 Å². The molecule has 0 spiro atoms. The van der Waals surface area contributed by atoms with Gasteiger partial charge in [-0.1, -0.05) is 0 Å². The summed E-state index contributed by atoms with van der Waals surface area (Å²) in [5.74, 6) is 0. The molecule has 0 aliphatic carbocycles. The summed E-state index contributed by atoms with van der Waals surface area (Å²) in [6, 6.07) is 0. The fourth-order valence-corrected chi connectivity index (χ4v) is 0. The fourth-order valence-electron chi connectivity index (χ4n) is 0. The molecule has 0 aromatic heterocycles. The van der Waals surface area contributed by atoms with Gasteiger partial charge in [-0.2, -0.15) is 0 Å². The van der Waals surface area contributed by atoms with Crippen molar-refractivity contribution in [2.75, 3.05) is 0 Å². The monoisotopic (exact) mass is 132 g/mol. The summed E-state index contributed by atoms with van der Waals surface area (Å²) >= 11 is 0. The summed E-state index contributed by atoms with van der Waals surface area (Å²) in [4.78, 5) is 0. The van der Waals surface area contributed by atoms with E-state index in [1.165, 1.54) is 0 Å². The maximum atomic E-state index is 8.06. The third-order valence-corrected chi connectivity index (χ3v) is 0. The molecule has 32 valence electrons. The first kappa shape index (κ1) is 9.14. The molecule has 0 aromatic carbocycles. The van der Waals surface area contributed by atoms with E-state index in [1.54, 1.807) is 13.8 Å². The van der Waals surface area contributed by atoms with Crippen molar-refractivity contribution in [3.05, 3.63) is 0 Å². The summed E-state index contributed by atoms with van der Waals surface area (Å²) in [5, 5.41) is 8.06. The Bertz CT molecular complexity index is 11.6. The molecule has 0 rings (SSSR count). The summed E-state index contributed by atoms with van der Waals surface area (Å²) in [6.07, 6.45) is -0.167. The van der Waals surface area contributed by atoms with E-state index in [0.717, 1.165) is 0 Å². The van der Waals surface area contributed by atoms with Gasteiger partial charge >= 0.3 is 19.8 Å². The molecule has 0 fully saturated rings. The topological polar surface area (TPSA) is 20.2 Å². The Morgan fingerprint density at radius 3 is 1.40 bits per heavy atom. The zero-order valence-corrected chi connectivity index (χ0v) is 3.02. The van der Waals surface area contributed by atoms with Crippen LogP contribution in [0.1, 0.15) is 13.8 Å². The molecule has 0 unspecified atom stereocenters. The predicted molar refractivity (Wildman–Crippen MR) is 27.3 cm³/mol. The molecule has 0 radical (unpaired) electrons. The van der Waals surface area contributed by atoms with Crippen molar-refractivity contribution in [3.8, 4) is 0 Å². The van der Waals surface area contributed by atoms with E-state index in [1.807, 2.05) is 0 Å². The molecule has 1 N–H and O–H groups in total. The number of hydrogen-bond donors (Lipinski definition) is 1. The molecule has 1 nitrogen and oxygen atoms in total. The van der Waals surface area contributed by atoms with E-state index < -0.39 is 0 Å². The van der Waals surface area contributed by atoms with Crippen LogP contribution in [0, 0.1) is 0 Å². The molecule has 0 amide bonds. The standard InChI is InChI=1S/C3H8O.Ga.3H/c1-3(2)4;;;;/h3-4H,1-2H3;;;;. The van der Waals surface area contributed by atoms with Crippen molar-refractivity contribution in [1.82, 2.24) is 0 Å². The Labute approximate surface area is 45.4 Å². The second kappa shape index (κ2) is 4.60. The van der Waals surface area contributed by atoms with E-state index in [9.17, 15) is 0 Å². The van der Waals surface area contributed by atoms with Crippen molar-refractivity contribution in [1.29, 1.82) is 0 Å². The first-order valence-electron chi connectivity index (χ1n) is 1.41. The SMILES string of the molecule is CC(C)O.[GaH3]. The third kappa shape index (κ3) is 87.1. The van der Waals surface area contributed by atoms with Gasteiger partial charge in [-0.05, 0) is 13.8 Å². The van der Waals surface area contributed by atoms with Crippen molar-refractivity contribution in [2.24, 2.45) is 0 Å². The minimum absolute atomic E-state index is 0. The average Bonchev–Trinajstić information content (AvgIpc) is 0.811. The van der Waals surface area contributed by atoms with Gasteiger partial charge in [-0.3, -0.25) is 0 Å². The van der Waals surface area contributed by atoms with Gasteiger partial charge in [0.05, 0.1) is 0 Å². The Morgan fingerprint density at radius 1 is 1.40 bits per heavy atom. The predicted octanol–water partition coefficient (Wildman–Crippen LogP) is -0.797. The van der Waals surface area contributed by atoms with Crippen molar-refractivity contribution < 1.29 is 5.11 Å². The van der Waals surface area contributed by atoms with Crippen LogP contribution >= 0.6 is 0 Å². The summed E-state index contributed by atoms with van der Waals surface area (Å²) < 4.78 is 0. The molecule has 0 saturated heterocycles. The van der Waals surface area contributed by atoms with E-state index in [-0.39, 0.29) is 25.9 Å². The van der Waals surface area contributed by atoms with Crippen LogP contribution in [0.15, 0.2) is 0 Å². The number of aliphatic hydroxyl groups is 1. The third-order valence-electron chi connectivity index (χ3n) is 0. The quantitative estimate of drug-likeness (QED) is 0.429. The number of hydrogen-bond acceptors (Lipinski definition) is 1. The van der Waals surface area contributed by atoms with Crippen molar-refractivity contribution >= 4 is 19.8 Å². The number of aliphatic hydroxyl groups excluding tert-OH is 1. The van der Waals surface area contributed by atoms with Gasteiger partial charge in [0.1, 0.15) is 0 Å². The molecule has 5 heavy (non-hydrogen) atoms.